The molecule has 7 aromatic rings. The average Bonchev–Trinajstić information content (AvgIpc) is 3.75. The number of fused-ring (bicyclic) bond motifs is 7. The van der Waals surface area contributed by atoms with Crippen molar-refractivity contribution < 1.29 is 0 Å². The van der Waals surface area contributed by atoms with Gasteiger partial charge in [-0.05, 0) is 0 Å². The summed E-state index contributed by atoms with van der Waals surface area (Å²) < 4.78 is 10.4. The van der Waals surface area contributed by atoms with Crippen molar-refractivity contribution in [3.63, 3.8) is 0 Å². The van der Waals surface area contributed by atoms with Crippen molar-refractivity contribution in [1.29, 1.82) is 0 Å². The molecule has 0 saturated heterocycles. The Kier molecular flexibility index (Phi) is 8.00. The molecule has 0 radical (unpaired) electrons. The predicted molar refractivity (Wildman–Crippen MR) is 183 cm³/mol. The van der Waals surface area contributed by atoms with Gasteiger partial charge in [0.05, 0.1) is 0 Å². The van der Waals surface area contributed by atoms with Crippen LogP contribution in [0.2, 0.25) is 0 Å². The molecule has 0 N–H and O–H groups in total. The van der Waals surface area contributed by atoms with E-state index in [1.165, 1.54) is 121 Å². The van der Waals surface area contributed by atoms with Crippen LogP contribution >= 0.6 is 45.3 Å². The fourth-order valence-electron chi connectivity index (χ4n) is 5.80. The van der Waals surface area contributed by atoms with Gasteiger partial charge in [-0.1, -0.05) is 26.2 Å². The fourth-order valence-corrected chi connectivity index (χ4v) is 13.1. The molecule has 0 bridgehead atoms. The third-order valence-corrected chi connectivity index (χ3v) is 15.2. The van der Waals surface area contributed by atoms with E-state index in [-0.39, 0.29) is 0 Å². The number of aryl methyl sites for hydroxylation is 1. The maximum absolute atomic E-state index is 2.51. The molecule has 0 saturated carbocycles. The van der Waals surface area contributed by atoms with E-state index in [4.69, 9.17) is 0 Å². The molecule has 0 atom stereocenters. The topological polar surface area (TPSA) is 0 Å². The predicted octanol–water partition coefficient (Wildman–Crippen LogP) is 12.9. The first-order valence-corrected chi connectivity index (χ1v) is 19.6. The molecule has 0 nitrogen and oxygen atoms in total. The number of benzene rings is 2. The van der Waals surface area contributed by atoms with E-state index in [9.17, 15) is 0 Å². The molecule has 0 spiro atoms. The third kappa shape index (κ3) is 5.44. The monoisotopic (exact) mass is 650 g/mol. The number of hydrogen-bond acceptors (Lipinski definition) is 4. The van der Waals surface area contributed by atoms with Crippen molar-refractivity contribution >= 4 is 109 Å². The van der Waals surface area contributed by atoms with Crippen LogP contribution in [0.25, 0.3) is 58.6 Å². The van der Waals surface area contributed by atoms with Gasteiger partial charge in [0.15, 0.2) is 0 Å². The quantitative estimate of drug-likeness (QED) is 0.0913. The summed E-state index contributed by atoms with van der Waals surface area (Å²) in [6, 6.07) is 19.4. The number of unbranched alkanes of at least 4 members (excludes halogenated alkanes) is 9. The van der Waals surface area contributed by atoms with E-state index in [2.05, 4.69) is 60.8 Å². The Bertz CT molecular complexity index is 1870. The van der Waals surface area contributed by atoms with Gasteiger partial charge in [0.2, 0.25) is 0 Å². The van der Waals surface area contributed by atoms with Crippen LogP contribution in [-0.2, 0) is 6.42 Å². The van der Waals surface area contributed by atoms with Crippen LogP contribution < -0.4 is 0 Å². The van der Waals surface area contributed by atoms with Gasteiger partial charge < -0.3 is 0 Å². The first kappa shape index (κ1) is 26.4. The zero-order valence-electron chi connectivity index (χ0n) is 22.5. The molecule has 2 aromatic carbocycles. The summed E-state index contributed by atoms with van der Waals surface area (Å²) in [6.07, 6.45) is 15.4. The first-order chi connectivity index (χ1) is 19.3. The van der Waals surface area contributed by atoms with Gasteiger partial charge in [-0.25, -0.2) is 0 Å². The average molecular weight is 650 g/mol. The van der Waals surface area contributed by atoms with Gasteiger partial charge in [0, 0.05) is 0 Å². The van der Waals surface area contributed by atoms with Crippen molar-refractivity contribution in [2.45, 2.75) is 77.6 Å². The number of thiophene rings is 4. The van der Waals surface area contributed by atoms with Gasteiger partial charge >= 0.3 is 229 Å². The molecule has 200 valence electrons. The zero-order chi connectivity index (χ0) is 26.2. The maximum atomic E-state index is 2.51. The molecule has 39 heavy (non-hydrogen) atoms. The molecule has 5 heterocycles. The van der Waals surface area contributed by atoms with Crippen molar-refractivity contribution in [3.8, 4) is 9.31 Å². The van der Waals surface area contributed by atoms with Crippen LogP contribution in [0.3, 0.4) is 0 Å². The Hall–Kier alpha value is -1.46. The summed E-state index contributed by atoms with van der Waals surface area (Å²) in [5, 5.41) is 7.95. The van der Waals surface area contributed by atoms with E-state index >= 15 is 0 Å². The van der Waals surface area contributed by atoms with Crippen molar-refractivity contribution in [1.82, 2.24) is 0 Å². The molecule has 7 rings (SSSR count). The molecular weight excluding hydrogens is 616 g/mol. The summed E-state index contributed by atoms with van der Waals surface area (Å²) in [6.45, 7) is 2.30. The molecule has 0 amide bonds. The Morgan fingerprint density at radius 2 is 1.31 bits per heavy atom. The molecule has 5 aromatic heterocycles. The molecule has 0 aliphatic heterocycles. The van der Waals surface area contributed by atoms with E-state index < -0.39 is 0 Å². The summed E-state index contributed by atoms with van der Waals surface area (Å²) in [5.74, 6) is 0. The Balaban J connectivity index is 1.03. The Morgan fingerprint density at radius 3 is 2.08 bits per heavy atom. The van der Waals surface area contributed by atoms with Gasteiger partial charge in [0.1, 0.15) is 0 Å². The summed E-state index contributed by atoms with van der Waals surface area (Å²) in [7, 11) is 0. The van der Waals surface area contributed by atoms with Gasteiger partial charge in [-0.2, -0.15) is 0 Å². The van der Waals surface area contributed by atoms with E-state index in [1.807, 2.05) is 45.3 Å². The fraction of sp³-hybridized carbons (Fsp3) is 0.353. The molecule has 0 unspecified atom stereocenters. The zero-order valence-corrected chi connectivity index (χ0v) is 27.5. The molecular formula is C34H34S4Se. The first-order valence-electron chi connectivity index (χ1n) is 14.6. The standard InChI is InChI=1S/C34H34S4Se/c1-2-3-4-5-6-7-8-9-10-11-12-24-13-14-27(36-24)32-19-23-18-26-30(21-31(23)39-32)38-33-25-17-22-15-16-35-28(22)20-29(25)37-34(26)33/h13-21H,2-12H2,1H3. The van der Waals surface area contributed by atoms with E-state index in [0.29, 0.717) is 14.5 Å². The Labute approximate surface area is 253 Å². The van der Waals surface area contributed by atoms with Crippen molar-refractivity contribution in [2.75, 3.05) is 0 Å². The normalized spacial score (nSPS) is 12.3. The second-order valence-corrected chi connectivity index (χ2v) is 17.4. The van der Waals surface area contributed by atoms with Crippen LogP contribution in [-0.4, -0.2) is 14.5 Å². The molecule has 0 aliphatic rings. The van der Waals surface area contributed by atoms with Crippen LogP contribution in [0.15, 0.2) is 53.9 Å². The molecule has 0 aliphatic carbocycles. The molecule has 5 heteroatoms. The Morgan fingerprint density at radius 1 is 0.615 bits per heavy atom. The summed E-state index contributed by atoms with van der Waals surface area (Å²) in [5.41, 5.74) is 0. The van der Waals surface area contributed by atoms with Crippen LogP contribution in [0.5, 0.6) is 0 Å². The van der Waals surface area contributed by atoms with Gasteiger partial charge in [0.25, 0.3) is 0 Å². The van der Waals surface area contributed by atoms with Crippen LogP contribution in [0.1, 0.15) is 76.0 Å². The third-order valence-electron chi connectivity index (χ3n) is 7.97. The summed E-state index contributed by atoms with van der Waals surface area (Å²) >= 11 is 8.29. The van der Waals surface area contributed by atoms with Crippen LogP contribution in [0.4, 0.5) is 0 Å². The van der Waals surface area contributed by atoms with Crippen LogP contribution in [0, 0.1) is 0 Å². The summed E-state index contributed by atoms with van der Waals surface area (Å²) in [4.78, 5) is 3.08. The minimum atomic E-state index is 0.408. The van der Waals surface area contributed by atoms with E-state index in [0.717, 1.165) is 0 Å². The number of rotatable bonds is 12. The van der Waals surface area contributed by atoms with Gasteiger partial charge in [-0.3, -0.25) is 0 Å². The second kappa shape index (κ2) is 11.8. The molecule has 0 fully saturated rings. The SMILES string of the molecule is CCCCCCCCCCCCc1ccc(-c2cc3cc4c(cc3[se]2)sc2c3cc5ccsc5cc3sc42)s1. The second-order valence-electron chi connectivity index (χ2n) is 10.9. The number of hydrogen-bond donors (Lipinski definition) is 0. The minimum absolute atomic E-state index is 0.408. The van der Waals surface area contributed by atoms with E-state index in [1.54, 1.807) is 13.6 Å². The van der Waals surface area contributed by atoms with Gasteiger partial charge in [-0.15, -0.1) is 0 Å². The van der Waals surface area contributed by atoms with Crippen molar-refractivity contribution in [2.24, 2.45) is 0 Å². The van der Waals surface area contributed by atoms with Crippen molar-refractivity contribution in [3.05, 3.63) is 58.8 Å².